The van der Waals surface area contributed by atoms with Gasteiger partial charge in [-0.1, -0.05) is 6.08 Å². The van der Waals surface area contributed by atoms with E-state index in [0.29, 0.717) is 0 Å². The Hall–Kier alpha value is -1.22. The molecule has 3 nitrogen and oxygen atoms in total. The molecule has 0 saturated carbocycles. The third-order valence-electron chi connectivity index (χ3n) is 1.19. The Morgan fingerprint density at radius 1 is 1.45 bits per heavy atom. The fourth-order valence-electron chi connectivity index (χ4n) is 0.662. The van der Waals surface area contributed by atoms with Crippen LogP contribution in [0.25, 0.3) is 6.08 Å². The van der Waals surface area contributed by atoms with Crippen LogP contribution in [-0.2, 0) is 0 Å². The number of aliphatic hydroxyl groups is 1. The molecule has 3 heteroatoms. The molecular formula is C8H10N2O. The number of nitrogens with zero attached hydrogens (tertiary/aromatic N) is 2. The average Bonchev–Trinajstić information content (AvgIpc) is 2.04. The number of rotatable bonds is 2. The highest BCUT2D eigenvalue weighted by Crippen LogP contribution is 1.95. The number of hydrogen-bond donors (Lipinski definition) is 1. The van der Waals surface area contributed by atoms with Crippen LogP contribution in [0.2, 0.25) is 0 Å². The minimum absolute atomic E-state index is 0.0373. The molecule has 11 heavy (non-hydrogen) atoms. The van der Waals surface area contributed by atoms with Crippen molar-refractivity contribution in [1.82, 2.24) is 9.97 Å². The smallest absolute Gasteiger partial charge is 0.0810 e. The van der Waals surface area contributed by atoms with Gasteiger partial charge < -0.3 is 5.11 Å². The Morgan fingerprint density at radius 3 is 2.82 bits per heavy atom. The molecule has 0 fully saturated rings. The summed E-state index contributed by atoms with van der Waals surface area (Å²) in [5.74, 6) is 0. The number of aryl methyl sites for hydroxylation is 1. The topological polar surface area (TPSA) is 46.0 Å². The van der Waals surface area contributed by atoms with Crippen molar-refractivity contribution in [2.45, 2.75) is 6.92 Å². The van der Waals surface area contributed by atoms with Crippen LogP contribution in [0.3, 0.4) is 0 Å². The van der Waals surface area contributed by atoms with Crippen LogP contribution in [0.5, 0.6) is 0 Å². The van der Waals surface area contributed by atoms with Gasteiger partial charge in [0.05, 0.1) is 24.2 Å². The van der Waals surface area contributed by atoms with Crippen molar-refractivity contribution in [3.63, 3.8) is 0 Å². The van der Waals surface area contributed by atoms with Gasteiger partial charge in [0.15, 0.2) is 0 Å². The number of hydrogen-bond acceptors (Lipinski definition) is 3. The van der Waals surface area contributed by atoms with E-state index in [2.05, 4.69) is 9.97 Å². The highest BCUT2D eigenvalue weighted by molar-refractivity contribution is 5.42. The van der Waals surface area contributed by atoms with Crippen LogP contribution in [-0.4, -0.2) is 21.7 Å². The molecule has 0 bridgehead atoms. The lowest BCUT2D eigenvalue weighted by atomic mass is 10.4. The second-order valence-electron chi connectivity index (χ2n) is 2.17. The Kier molecular flexibility index (Phi) is 2.74. The summed E-state index contributed by atoms with van der Waals surface area (Å²) in [6.07, 6.45) is 6.71. The lowest BCUT2D eigenvalue weighted by Gasteiger charge is -1.91. The maximum absolute atomic E-state index is 8.45. The van der Waals surface area contributed by atoms with Gasteiger partial charge in [-0.15, -0.1) is 0 Å². The minimum Gasteiger partial charge on any atom is -0.392 e. The molecule has 0 amide bonds. The molecule has 0 saturated heterocycles. The quantitative estimate of drug-likeness (QED) is 0.678. The molecule has 0 spiro atoms. The summed E-state index contributed by atoms with van der Waals surface area (Å²) < 4.78 is 0. The van der Waals surface area contributed by atoms with Crippen molar-refractivity contribution in [3.8, 4) is 0 Å². The first kappa shape index (κ1) is 7.88. The van der Waals surface area contributed by atoms with E-state index in [-0.39, 0.29) is 6.61 Å². The first-order valence-electron chi connectivity index (χ1n) is 3.39. The molecule has 1 N–H and O–H groups in total. The summed E-state index contributed by atoms with van der Waals surface area (Å²) in [5.41, 5.74) is 1.66. The predicted octanol–water partition coefficient (Wildman–Crippen LogP) is 0.791. The molecule has 1 heterocycles. The molecule has 0 unspecified atom stereocenters. The average molecular weight is 150 g/mol. The van der Waals surface area contributed by atoms with E-state index in [1.165, 1.54) is 0 Å². The first-order chi connectivity index (χ1) is 5.33. The van der Waals surface area contributed by atoms with Gasteiger partial charge in [-0.3, -0.25) is 9.97 Å². The van der Waals surface area contributed by atoms with E-state index in [4.69, 9.17) is 5.11 Å². The summed E-state index contributed by atoms with van der Waals surface area (Å²) in [7, 11) is 0. The molecule has 0 radical (unpaired) electrons. The maximum atomic E-state index is 8.45. The Labute approximate surface area is 65.4 Å². The third-order valence-corrected chi connectivity index (χ3v) is 1.19. The van der Waals surface area contributed by atoms with E-state index < -0.39 is 0 Å². The van der Waals surface area contributed by atoms with Gasteiger partial charge in [0.1, 0.15) is 0 Å². The second-order valence-corrected chi connectivity index (χ2v) is 2.17. The highest BCUT2D eigenvalue weighted by atomic mass is 16.2. The normalized spacial score (nSPS) is 10.7. The fraction of sp³-hybridized carbons (Fsp3) is 0.250. The van der Waals surface area contributed by atoms with Gasteiger partial charge in [-0.25, -0.2) is 0 Å². The molecule has 58 valence electrons. The third kappa shape index (κ3) is 2.47. The molecule has 1 rings (SSSR count). The molecule has 0 atom stereocenters. The summed E-state index contributed by atoms with van der Waals surface area (Å²) in [4.78, 5) is 8.09. The molecule has 1 aromatic heterocycles. The molecule has 0 aliphatic heterocycles. The van der Waals surface area contributed by atoms with Crippen molar-refractivity contribution in [3.05, 3.63) is 29.9 Å². The van der Waals surface area contributed by atoms with Crippen molar-refractivity contribution in [1.29, 1.82) is 0 Å². The maximum Gasteiger partial charge on any atom is 0.0810 e. The van der Waals surface area contributed by atoms with E-state index in [0.717, 1.165) is 11.4 Å². The van der Waals surface area contributed by atoms with Crippen molar-refractivity contribution in [2.24, 2.45) is 0 Å². The number of aromatic nitrogens is 2. The SMILES string of the molecule is Cc1cnc(C=CCO)cn1. The lowest BCUT2D eigenvalue weighted by Crippen LogP contribution is -1.86. The van der Waals surface area contributed by atoms with Gasteiger partial charge in [-0.2, -0.15) is 0 Å². The fourth-order valence-corrected chi connectivity index (χ4v) is 0.662. The van der Waals surface area contributed by atoms with Crippen molar-refractivity contribution in [2.75, 3.05) is 6.61 Å². The predicted molar refractivity (Wildman–Crippen MR) is 42.9 cm³/mol. The zero-order valence-electron chi connectivity index (χ0n) is 6.36. The van der Waals surface area contributed by atoms with E-state index >= 15 is 0 Å². The van der Waals surface area contributed by atoms with E-state index in [1.54, 1.807) is 24.5 Å². The van der Waals surface area contributed by atoms with E-state index in [9.17, 15) is 0 Å². The van der Waals surface area contributed by atoms with Gasteiger partial charge in [0, 0.05) is 6.20 Å². The molecule has 0 aliphatic carbocycles. The van der Waals surface area contributed by atoms with Crippen molar-refractivity contribution < 1.29 is 5.11 Å². The van der Waals surface area contributed by atoms with Crippen LogP contribution < -0.4 is 0 Å². The van der Waals surface area contributed by atoms with Crippen LogP contribution in [0.15, 0.2) is 18.5 Å². The van der Waals surface area contributed by atoms with Crippen molar-refractivity contribution >= 4 is 6.08 Å². The van der Waals surface area contributed by atoms with Gasteiger partial charge in [0.2, 0.25) is 0 Å². The Morgan fingerprint density at radius 2 is 2.27 bits per heavy atom. The second kappa shape index (κ2) is 3.83. The largest absolute Gasteiger partial charge is 0.392 e. The highest BCUT2D eigenvalue weighted by Gasteiger charge is 1.87. The number of aliphatic hydroxyl groups excluding tert-OH is 1. The van der Waals surface area contributed by atoms with Gasteiger partial charge in [0.25, 0.3) is 0 Å². The summed E-state index contributed by atoms with van der Waals surface area (Å²) >= 11 is 0. The Bertz CT molecular complexity index is 241. The van der Waals surface area contributed by atoms with Crippen LogP contribution in [0.1, 0.15) is 11.4 Å². The molecule has 0 aromatic carbocycles. The summed E-state index contributed by atoms with van der Waals surface area (Å²) in [5, 5.41) is 8.45. The molecule has 1 aromatic rings. The molecular weight excluding hydrogens is 140 g/mol. The lowest BCUT2D eigenvalue weighted by molar-refractivity contribution is 0.343. The van der Waals surface area contributed by atoms with Crippen LogP contribution in [0.4, 0.5) is 0 Å². The summed E-state index contributed by atoms with van der Waals surface area (Å²) in [6.45, 7) is 1.92. The first-order valence-corrected chi connectivity index (χ1v) is 3.39. The monoisotopic (exact) mass is 150 g/mol. The Balaban J connectivity index is 2.73. The molecule has 0 aliphatic rings. The summed E-state index contributed by atoms with van der Waals surface area (Å²) in [6, 6.07) is 0. The van der Waals surface area contributed by atoms with E-state index in [1.807, 2.05) is 6.92 Å². The van der Waals surface area contributed by atoms with Crippen LogP contribution >= 0.6 is 0 Å². The zero-order chi connectivity index (χ0) is 8.10. The van der Waals surface area contributed by atoms with Gasteiger partial charge >= 0.3 is 0 Å². The van der Waals surface area contributed by atoms with Crippen LogP contribution in [0, 0.1) is 6.92 Å². The van der Waals surface area contributed by atoms with Gasteiger partial charge in [-0.05, 0) is 13.0 Å². The minimum atomic E-state index is 0.0373. The standard InChI is InChI=1S/C8H10N2O/c1-7-5-10-8(6-9-7)3-2-4-11/h2-3,5-6,11H,4H2,1H3. The zero-order valence-corrected chi connectivity index (χ0v) is 6.36.